The zero-order valence-corrected chi connectivity index (χ0v) is 12.3. The number of hydrogen-bond donors (Lipinski definition) is 1. The summed E-state index contributed by atoms with van der Waals surface area (Å²) in [5.74, 6) is -1.13. The van der Waals surface area contributed by atoms with E-state index in [1.165, 1.54) is 6.07 Å². The van der Waals surface area contributed by atoms with E-state index >= 15 is 0 Å². The predicted octanol–water partition coefficient (Wildman–Crippen LogP) is 3.31. The lowest BCUT2D eigenvalue weighted by Gasteiger charge is -2.26. The molecular weight excluding hydrogens is 272 g/mol. The average molecular weight is 292 g/mol. The highest BCUT2D eigenvalue weighted by Crippen LogP contribution is 2.33. The molecule has 0 aliphatic carbocycles. The summed E-state index contributed by atoms with van der Waals surface area (Å²) in [6.07, 6.45) is 3.06. The first-order valence-corrected chi connectivity index (χ1v) is 7.07. The van der Waals surface area contributed by atoms with E-state index in [-0.39, 0.29) is 16.7 Å². The molecule has 1 aliphatic heterocycles. The molecule has 1 heterocycles. The highest BCUT2D eigenvalue weighted by atomic mass is 16.6. The smallest absolute Gasteiger partial charge is 0.338 e. The van der Waals surface area contributed by atoms with E-state index in [1.54, 1.807) is 6.07 Å². The maximum absolute atomic E-state index is 11.4. The van der Waals surface area contributed by atoms with E-state index in [1.807, 2.05) is 4.90 Å². The minimum atomic E-state index is -1.13. The number of carbonyl (C=O) groups is 1. The summed E-state index contributed by atoms with van der Waals surface area (Å²) in [5, 5.41) is 20.1. The number of rotatable bonds is 3. The number of nitro groups is 1. The van der Waals surface area contributed by atoms with Crippen LogP contribution < -0.4 is 4.90 Å². The molecule has 0 amide bonds. The van der Waals surface area contributed by atoms with Crippen LogP contribution in [0.3, 0.4) is 0 Å². The van der Waals surface area contributed by atoms with Crippen LogP contribution in [0.1, 0.15) is 43.5 Å². The van der Waals surface area contributed by atoms with Gasteiger partial charge in [0, 0.05) is 25.2 Å². The monoisotopic (exact) mass is 292 g/mol. The molecule has 21 heavy (non-hydrogen) atoms. The maximum atomic E-state index is 11.4. The Morgan fingerprint density at radius 3 is 2.67 bits per heavy atom. The zero-order chi connectivity index (χ0) is 15.6. The number of aromatic carboxylic acids is 1. The van der Waals surface area contributed by atoms with Gasteiger partial charge in [0.1, 0.15) is 0 Å². The second-order valence-corrected chi connectivity index (χ2v) is 6.27. The number of nitrogens with zero attached hydrogens (tertiary/aromatic N) is 2. The third-order valence-corrected chi connectivity index (χ3v) is 4.10. The van der Waals surface area contributed by atoms with Crippen LogP contribution in [0.25, 0.3) is 0 Å². The van der Waals surface area contributed by atoms with Gasteiger partial charge in [0.25, 0.3) is 5.69 Å². The quantitative estimate of drug-likeness (QED) is 0.682. The topological polar surface area (TPSA) is 83.7 Å². The Hall–Kier alpha value is -2.11. The number of carboxylic acid groups (broad SMARTS) is 1. The number of benzene rings is 1. The summed E-state index contributed by atoms with van der Waals surface area (Å²) in [6, 6.07) is 4.07. The fourth-order valence-electron chi connectivity index (χ4n) is 2.75. The first-order chi connectivity index (χ1) is 9.80. The van der Waals surface area contributed by atoms with Crippen LogP contribution in [0.2, 0.25) is 0 Å². The van der Waals surface area contributed by atoms with Crippen molar-refractivity contribution in [2.75, 3.05) is 18.0 Å². The highest BCUT2D eigenvalue weighted by molar-refractivity contribution is 5.95. The molecule has 1 aliphatic rings. The second kappa shape index (κ2) is 5.71. The molecule has 6 nitrogen and oxygen atoms in total. The summed E-state index contributed by atoms with van der Waals surface area (Å²) in [5.41, 5.74) is 0.639. The van der Waals surface area contributed by atoms with Crippen molar-refractivity contribution < 1.29 is 14.8 Å². The van der Waals surface area contributed by atoms with Crippen molar-refractivity contribution in [3.8, 4) is 0 Å². The SMILES string of the molecule is CC1(C)CCCN(c2ccc([N+](=O)[O-])cc2C(=O)O)CC1. The van der Waals surface area contributed by atoms with E-state index in [0.29, 0.717) is 5.69 Å². The Labute approximate surface area is 123 Å². The molecule has 0 bridgehead atoms. The van der Waals surface area contributed by atoms with Crippen molar-refractivity contribution in [2.45, 2.75) is 33.1 Å². The Kier molecular flexibility index (Phi) is 4.16. The molecule has 0 saturated carbocycles. The van der Waals surface area contributed by atoms with Gasteiger partial charge in [0.05, 0.1) is 16.2 Å². The Morgan fingerprint density at radius 1 is 1.33 bits per heavy atom. The lowest BCUT2D eigenvalue weighted by Crippen LogP contribution is -2.26. The molecule has 0 spiro atoms. The van der Waals surface area contributed by atoms with Crippen molar-refractivity contribution >= 4 is 17.3 Å². The van der Waals surface area contributed by atoms with Crippen molar-refractivity contribution in [2.24, 2.45) is 5.41 Å². The van der Waals surface area contributed by atoms with Crippen molar-refractivity contribution in [1.82, 2.24) is 0 Å². The number of anilines is 1. The average Bonchev–Trinajstić information content (AvgIpc) is 2.59. The molecule has 114 valence electrons. The van der Waals surface area contributed by atoms with E-state index in [9.17, 15) is 20.0 Å². The number of non-ortho nitro benzene ring substituents is 1. The summed E-state index contributed by atoms with van der Waals surface area (Å²) < 4.78 is 0. The van der Waals surface area contributed by atoms with Crippen LogP contribution in [-0.2, 0) is 0 Å². The number of hydrogen-bond acceptors (Lipinski definition) is 4. The van der Waals surface area contributed by atoms with Crippen LogP contribution in [0.5, 0.6) is 0 Å². The summed E-state index contributed by atoms with van der Waals surface area (Å²) in [7, 11) is 0. The highest BCUT2D eigenvalue weighted by Gasteiger charge is 2.26. The zero-order valence-electron chi connectivity index (χ0n) is 12.3. The van der Waals surface area contributed by atoms with Crippen LogP contribution in [0, 0.1) is 15.5 Å². The van der Waals surface area contributed by atoms with Gasteiger partial charge < -0.3 is 10.0 Å². The van der Waals surface area contributed by atoms with Gasteiger partial charge in [0.2, 0.25) is 0 Å². The van der Waals surface area contributed by atoms with Gasteiger partial charge in [-0.05, 0) is 30.7 Å². The molecular formula is C15H20N2O4. The van der Waals surface area contributed by atoms with Crippen molar-refractivity contribution in [3.05, 3.63) is 33.9 Å². The molecule has 0 unspecified atom stereocenters. The number of carboxylic acids is 1. The Bertz CT molecular complexity index is 569. The van der Waals surface area contributed by atoms with Gasteiger partial charge in [-0.1, -0.05) is 13.8 Å². The maximum Gasteiger partial charge on any atom is 0.338 e. The fraction of sp³-hybridized carbons (Fsp3) is 0.533. The van der Waals surface area contributed by atoms with Crippen LogP contribution >= 0.6 is 0 Å². The minimum Gasteiger partial charge on any atom is -0.478 e. The van der Waals surface area contributed by atoms with Gasteiger partial charge in [-0.25, -0.2) is 4.79 Å². The Balaban J connectivity index is 2.34. The fourth-order valence-corrected chi connectivity index (χ4v) is 2.75. The lowest BCUT2D eigenvalue weighted by atomic mass is 9.85. The van der Waals surface area contributed by atoms with Gasteiger partial charge in [-0.3, -0.25) is 10.1 Å². The van der Waals surface area contributed by atoms with Gasteiger partial charge in [-0.15, -0.1) is 0 Å². The minimum absolute atomic E-state index is 0.00362. The molecule has 0 atom stereocenters. The first kappa shape index (κ1) is 15.3. The second-order valence-electron chi connectivity index (χ2n) is 6.27. The predicted molar refractivity (Wildman–Crippen MR) is 79.9 cm³/mol. The molecule has 0 aromatic heterocycles. The van der Waals surface area contributed by atoms with Crippen molar-refractivity contribution in [1.29, 1.82) is 0 Å². The normalized spacial score (nSPS) is 18.1. The summed E-state index contributed by atoms with van der Waals surface area (Å²) >= 11 is 0. The first-order valence-electron chi connectivity index (χ1n) is 7.07. The van der Waals surface area contributed by atoms with Crippen LogP contribution in [0.15, 0.2) is 18.2 Å². The lowest BCUT2D eigenvalue weighted by molar-refractivity contribution is -0.384. The summed E-state index contributed by atoms with van der Waals surface area (Å²) in [6.45, 7) is 5.97. The molecule has 1 aromatic rings. The van der Waals surface area contributed by atoms with Crippen molar-refractivity contribution in [3.63, 3.8) is 0 Å². The third-order valence-electron chi connectivity index (χ3n) is 4.10. The van der Waals surface area contributed by atoms with E-state index in [2.05, 4.69) is 13.8 Å². The van der Waals surface area contributed by atoms with E-state index < -0.39 is 10.9 Å². The van der Waals surface area contributed by atoms with E-state index in [4.69, 9.17) is 0 Å². The molecule has 1 fully saturated rings. The van der Waals surface area contributed by atoms with Gasteiger partial charge in [-0.2, -0.15) is 0 Å². The van der Waals surface area contributed by atoms with Gasteiger partial charge in [0.15, 0.2) is 0 Å². The molecule has 6 heteroatoms. The van der Waals surface area contributed by atoms with Crippen LogP contribution in [-0.4, -0.2) is 29.1 Å². The molecule has 1 N–H and O–H groups in total. The third kappa shape index (κ3) is 3.51. The summed E-state index contributed by atoms with van der Waals surface area (Å²) in [4.78, 5) is 23.7. The molecule has 0 radical (unpaired) electrons. The van der Waals surface area contributed by atoms with Crippen LogP contribution in [0.4, 0.5) is 11.4 Å². The Morgan fingerprint density at radius 2 is 2.05 bits per heavy atom. The largest absolute Gasteiger partial charge is 0.478 e. The standard InChI is InChI=1S/C15H20N2O4/c1-15(2)6-3-8-16(9-7-15)13-5-4-11(17(20)21)10-12(13)14(18)19/h4-5,10H,3,6-9H2,1-2H3,(H,18,19). The molecule has 1 saturated heterocycles. The number of nitro benzene ring substituents is 1. The van der Waals surface area contributed by atoms with Gasteiger partial charge >= 0.3 is 5.97 Å². The van der Waals surface area contributed by atoms with E-state index in [0.717, 1.165) is 38.4 Å². The molecule has 2 rings (SSSR count). The molecule has 1 aromatic carbocycles.